The Morgan fingerprint density at radius 2 is 2.00 bits per heavy atom. The van der Waals surface area contributed by atoms with Crippen molar-refractivity contribution < 1.29 is 0 Å². The Hall–Kier alpha value is -0.540. The van der Waals surface area contributed by atoms with Crippen LogP contribution in [0.4, 0.5) is 5.69 Å². The van der Waals surface area contributed by atoms with Crippen LogP contribution in [0.25, 0.3) is 0 Å². The molecule has 0 aliphatic heterocycles. The van der Waals surface area contributed by atoms with Gasteiger partial charge in [-0.3, -0.25) is 0 Å². The molecule has 1 aliphatic rings. The zero-order valence-electron chi connectivity index (χ0n) is 13.9. The van der Waals surface area contributed by atoms with Crippen LogP contribution in [-0.2, 0) is 6.54 Å². The number of unbranched alkanes of at least 4 members (excludes halogenated alkanes) is 1. The third-order valence-electron chi connectivity index (χ3n) is 3.91. The maximum Gasteiger partial charge on any atom is 0.0425 e. The lowest BCUT2D eigenvalue weighted by molar-refractivity contribution is 0.424. The zero-order chi connectivity index (χ0) is 15.5. The van der Waals surface area contributed by atoms with Crippen molar-refractivity contribution in [3.63, 3.8) is 0 Å². The van der Waals surface area contributed by atoms with Gasteiger partial charge in [-0.05, 0) is 57.7 Å². The number of halogens is 1. The van der Waals surface area contributed by atoms with Crippen LogP contribution >= 0.6 is 15.9 Å². The van der Waals surface area contributed by atoms with Crippen molar-refractivity contribution in [2.75, 3.05) is 11.4 Å². The Balaban J connectivity index is 2.20. The second-order valence-corrected chi connectivity index (χ2v) is 8.07. The van der Waals surface area contributed by atoms with Crippen LogP contribution in [0.1, 0.15) is 58.9 Å². The fraction of sp³-hybridized carbons (Fsp3) is 0.667. The number of rotatable bonds is 7. The highest BCUT2D eigenvalue weighted by Crippen LogP contribution is 2.35. The van der Waals surface area contributed by atoms with Crippen molar-refractivity contribution in [2.45, 2.75) is 71.5 Å². The fourth-order valence-corrected chi connectivity index (χ4v) is 2.88. The molecular weight excluding hydrogens is 324 g/mol. The lowest BCUT2D eigenvalue weighted by atomic mass is 10.1. The molecule has 0 spiro atoms. The van der Waals surface area contributed by atoms with Gasteiger partial charge in [0.2, 0.25) is 0 Å². The van der Waals surface area contributed by atoms with Crippen molar-refractivity contribution in [3.8, 4) is 0 Å². The molecule has 0 amide bonds. The normalized spacial score (nSPS) is 15.3. The predicted octanol–water partition coefficient (Wildman–Crippen LogP) is 5.11. The summed E-state index contributed by atoms with van der Waals surface area (Å²) < 4.78 is 1.18. The molecule has 1 saturated carbocycles. The van der Waals surface area contributed by atoms with Crippen LogP contribution in [0.15, 0.2) is 22.7 Å². The van der Waals surface area contributed by atoms with Gasteiger partial charge in [0, 0.05) is 34.8 Å². The maximum atomic E-state index is 3.65. The smallest absolute Gasteiger partial charge is 0.0425 e. The van der Waals surface area contributed by atoms with Crippen LogP contribution in [0, 0.1) is 0 Å². The number of nitrogens with zero attached hydrogens (tertiary/aromatic N) is 1. The first-order valence-corrected chi connectivity index (χ1v) is 9.00. The molecule has 2 nitrogen and oxygen atoms in total. The predicted molar refractivity (Wildman–Crippen MR) is 96.0 cm³/mol. The van der Waals surface area contributed by atoms with Crippen molar-refractivity contribution in [3.05, 3.63) is 28.2 Å². The van der Waals surface area contributed by atoms with E-state index in [0.717, 1.165) is 12.6 Å². The number of benzene rings is 1. The van der Waals surface area contributed by atoms with E-state index in [-0.39, 0.29) is 5.54 Å². The molecule has 1 aromatic rings. The maximum absolute atomic E-state index is 3.65. The van der Waals surface area contributed by atoms with E-state index in [2.05, 4.69) is 72.0 Å². The van der Waals surface area contributed by atoms with E-state index >= 15 is 0 Å². The topological polar surface area (TPSA) is 15.3 Å². The van der Waals surface area contributed by atoms with Crippen LogP contribution in [0.2, 0.25) is 0 Å². The van der Waals surface area contributed by atoms with E-state index in [4.69, 9.17) is 0 Å². The van der Waals surface area contributed by atoms with Crippen LogP contribution in [-0.4, -0.2) is 18.1 Å². The highest BCUT2D eigenvalue weighted by Gasteiger charge is 2.30. The molecule has 3 heteroatoms. The lowest BCUT2D eigenvalue weighted by Gasteiger charge is -2.29. The minimum Gasteiger partial charge on any atom is -0.368 e. The first-order chi connectivity index (χ1) is 9.90. The fourth-order valence-electron chi connectivity index (χ4n) is 2.53. The Morgan fingerprint density at radius 1 is 1.29 bits per heavy atom. The van der Waals surface area contributed by atoms with Gasteiger partial charge in [0.15, 0.2) is 0 Å². The molecule has 0 bridgehead atoms. The van der Waals surface area contributed by atoms with Crippen molar-refractivity contribution >= 4 is 21.6 Å². The summed E-state index contributed by atoms with van der Waals surface area (Å²) in [7, 11) is 0. The van der Waals surface area contributed by atoms with Crippen molar-refractivity contribution in [1.82, 2.24) is 5.32 Å². The molecule has 1 fully saturated rings. The zero-order valence-corrected chi connectivity index (χ0v) is 15.5. The van der Waals surface area contributed by atoms with E-state index in [0.29, 0.717) is 0 Å². The molecule has 0 saturated heterocycles. The van der Waals surface area contributed by atoms with E-state index in [1.165, 1.54) is 48.0 Å². The quantitative estimate of drug-likeness (QED) is 0.733. The Labute approximate surface area is 138 Å². The third kappa shape index (κ3) is 5.30. The standard InChI is InChI=1S/C18H29BrN2/c1-5-6-11-21(16-9-10-16)17-12-15(19)8-7-14(17)13-20-18(2,3)4/h7-8,12,16,20H,5-6,9-11,13H2,1-4H3. The molecule has 0 atom stereocenters. The van der Waals surface area contributed by atoms with E-state index < -0.39 is 0 Å². The first-order valence-electron chi connectivity index (χ1n) is 8.21. The summed E-state index contributed by atoms with van der Waals surface area (Å²) in [4.78, 5) is 2.63. The third-order valence-corrected chi connectivity index (χ3v) is 4.40. The highest BCUT2D eigenvalue weighted by molar-refractivity contribution is 9.10. The van der Waals surface area contributed by atoms with Gasteiger partial charge in [0.1, 0.15) is 0 Å². The molecular formula is C18H29BrN2. The Kier molecular flexibility index (Phi) is 5.73. The summed E-state index contributed by atoms with van der Waals surface area (Å²) in [5.41, 5.74) is 2.98. The monoisotopic (exact) mass is 352 g/mol. The summed E-state index contributed by atoms with van der Waals surface area (Å²) in [6, 6.07) is 7.49. The lowest BCUT2D eigenvalue weighted by Crippen LogP contribution is -2.36. The summed E-state index contributed by atoms with van der Waals surface area (Å²) in [6.45, 7) is 11.1. The first kappa shape index (κ1) is 16.8. The van der Waals surface area contributed by atoms with E-state index in [1.54, 1.807) is 0 Å². The SMILES string of the molecule is CCCCN(c1cc(Br)ccc1CNC(C)(C)C)C1CC1. The second kappa shape index (κ2) is 7.15. The second-order valence-electron chi connectivity index (χ2n) is 7.15. The molecule has 0 unspecified atom stereocenters. The number of nitrogens with one attached hydrogen (secondary N) is 1. The minimum atomic E-state index is 0.151. The number of hydrogen-bond donors (Lipinski definition) is 1. The molecule has 0 radical (unpaired) electrons. The average Bonchev–Trinajstić information content (AvgIpc) is 3.22. The Bertz CT molecular complexity index is 461. The summed E-state index contributed by atoms with van der Waals surface area (Å²) in [6.07, 6.45) is 5.23. The van der Waals surface area contributed by atoms with Crippen LogP contribution < -0.4 is 10.2 Å². The molecule has 0 aromatic heterocycles. The molecule has 2 rings (SSSR count). The Morgan fingerprint density at radius 3 is 2.57 bits per heavy atom. The molecule has 1 N–H and O–H groups in total. The minimum absolute atomic E-state index is 0.151. The number of anilines is 1. The van der Waals surface area contributed by atoms with Gasteiger partial charge >= 0.3 is 0 Å². The van der Waals surface area contributed by atoms with E-state index in [1.807, 2.05) is 0 Å². The highest BCUT2D eigenvalue weighted by atomic mass is 79.9. The molecule has 1 aromatic carbocycles. The van der Waals surface area contributed by atoms with Gasteiger partial charge < -0.3 is 10.2 Å². The molecule has 21 heavy (non-hydrogen) atoms. The van der Waals surface area contributed by atoms with Crippen LogP contribution in [0.5, 0.6) is 0 Å². The average molecular weight is 353 g/mol. The van der Waals surface area contributed by atoms with Gasteiger partial charge in [-0.2, -0.15) is 0 Å². The number of hydrogen-bond acceptors (Lipinski definition) is 2. The van der Waals surface area contributed by atoms with Gasteiger partial charge in [-0.25, -0.2) is 0 Å². The van der Waals surface area contributed by atoms with Gasteiger partial charge in [0.05, 0.1) is 0 Å². The van der Waals surface area contributed by atoms with Crippen molar-refractivity contribution in [2.24, 2.45) is 0 Å². The van der Waals surface area contributed by atoms with Crippen LogP contribution in [0.3, 0.4) is 0 Å². The van der Waals surface area contributed by atoms with Crippen molar-refractivity contribution in [1.29, 1.82) is 0 Å². The molecule has 0 heterocycles. The summed E-state index contributed by atoms with van der Waals surface area (Å²) in [5.74, 6) is 0. The summed E-state index contributed by atoms with van der Waals surface area (Å²) >= 11 is 3.65. The molecule has 1 aliphatic carbocycles. The van der Waals surface area contributed by atoms with Gasteiger partial charge in [-0.15, -0.1) is 0 Å². The van der Waals surface area contributed by atoms with Gasteiger partial charge in [-0.1, -0.05) is 35.3 Å². The largest absolute Gasteiger partial charge is 0.368 e. The summed E-state index contributed by atoms with van der Waals surface area (Å²) in [5, 5.41) is 3.63. The molecule has 118 valence electrons. The van der Waals surface area contributed by atoms with Gasteiger partial charge in [0.25, 0.3) is 0 Å². The van der Waals surface area contributed by atoms with E-state index in [9.17, 15) is 0 Å².